The first-order valence-corrected chi connectivity index (χ1v) is 6.55. The fourth-order valence-corrected chi connectivity index (χ4v) is 1.97. The molecule has 0 atom stereocenters. The van der Waals surface area contributed by atoms with Crippen LogP contribution in [-0.4, -0.2) is 11.5 Å². The standard InChI is InChI=1S/C15H14F2N2S/c16-12-3-1-2-10(8-12)6-7-19-14-5-4-11(15(18)20)9-13(14)17/h1-5,8-9,19H,6-7H2,(H2,18,20). The maximum atomic E-state index is 13.8. The number of nitrogens with one attached hydrogen (secondary N) is 1. The van der Waals surface area contributed by atoms with Crippen molar-refractivity contribution in [2.75, 3.05) is 11.9 Å². The van der Waals surface area contributed by atoms with Gasteiger partial charge in [-0.25, -0.2) is 8.78 Å². The highest BCUT2D eigenvalue weighted by atomic mass is 32.1. The summed E-state index contributed by atoms with van der Waals surface area (Å²) in [5.41, 5.74) is 7.16. The van der Waals surface area contributed by atoms with Crippen LogP contribution in [0.1, 0.15) is 11.1 Å². The Morgan fingerprint density at radius 2 is 1.95 bits per heavy atom. The number of hydrogen-bond acceptors (Lipinski definition) is 2. The average Bonchev–Trinajstić information content (AvgIpc) is 2.40. The van der Waals surface area contributed by atoms with Gasteiger partial charge in [-0.1, -0.05) is 24.4 Å². The Labute approximate surface area is 121 Å². The lowest BCUT2D eigenvalue weighted by molar-refractivity contribution is 0.624. The fraction of sp³-hybridized carbons (Fsp3) is 0.133. The van der Waals surface area contributed by atoms with Crippen LogP contribution in [0, 0.1) is 11.6 Å². The number of benzene rings is 2. The van der Waals surface area contributed by atoms with Crippen LogP contribution < -0.4 is 11.1 Å². The van der Waals surface area contributed by atoms with Crippen molar-refractivity contribution in [3.05, 3.63) is 65.2 Å². The normalized spacial score (nSPS) is 10.3. The molecule has 0 unspecified atom stereocenters. The number of thiocarbonyl (C=S) groups is 1. The Balaban J connectivity index is 1.96. The van der Waals surface area contributed by atoms with Gasteiger partial charge in [0.05, 0.1) is 5.69 Å². The van der Waals surface area contributed by atoms with Gasteiger partial charge in [-0.2, -0.15) is 0 Å². The monoisotopic (exact) mass is 292 g/mol. The van der Waals surface area contributed by atoms with Gasteiger partial charge in [-0.05, 0) is 42.3 Å². The quantitative estimate of drug-likeness (QED) is 0.831. The summed E-state index contributed by atoms with van der Waals surface area (Å²) in [5, 5.41) is 2.97. The van der Waals surface area contributed by atoms with Crippen LogP contribution in [0.15, 0.2) is 42.5 Å². The van der Waals surface area contributed by atoms with Crippen LogP contribution in [0.2, 0.25) is 0 Å². The SMILES string of the molecule is NC(=S)c1ccc(NCCc2cccc(F)c2)c(F)c1. The molecule has 0 aliphatic carbocycles. The van der Waals surface area contributed by atoms with E-state index in [2.05, 4.69) is 5.32 Å². The molecule has 0 aromatic heterocycles. The van der Waals surface area contributed by atoms with E-state index < -0.39 is 5.82 Å². The molecular formula is C15H14F2N2S. The molecule has 0 heterocycles. The molecule has 0 spiro atoms. The van der Waals surface area contributed by atoms with Gasteiger partial charge in [-0.15, -0.1) is 0 Å². The maximum absolute atomic E-state index is 13.8. The van der Waals surface area contributed by atoms with E-state index in [0.29, 0.717) is 24.2 Å². The molecular weight excluding hydrogens is 278 g/mol. The third-order valence-corrected chi connectivity index (χ3v) is 3.11. The van der Waals surface area contributed by atoms with Crippen LogP contribution in [0.5, 0.6) is 0 Å². The third-order valence-electron chi connectivity index (χ3n) is 2.87. The van der Waals surface area contributed by atoms with Gasteiger partial charge < -0.3 is 11.1 Å². The third kappa shape index (κ3) is 3.74. The second kappa shape index (κ2) is 6.43. The summed E-state index contributed by atoms with van der Waals surface area (Å²) >= 11 is 4.78. The molecule has 0 saturated carbocycles. The molecule has 104 valence electrons. The highest BCUT2D eigenvalue weighted by Gasteiger charge is 2.05. The highest BCUT2D eigenvalue weighted by Crippen LogP contribution is 2.16. The lowest BCUT2D eigenvalue weighted by atomic mass is 10.1. The number of hydrogen-bond donors (Lipinski definition) is 2. The molecule has 0 radical (unpaired) electrons. The van der Waals surface area contributed by atoms with Gasteiger partial charge in [-0.3, -0.25) is 0 Å². The second-order valence-electron chi connectivity index (χ2n) is 4.37. The number of rotatable bonds is 5. The molecule has 0 bridgehead atoms. The highest BCUT2D eigenvalue weighted by molar-refractivity contribution is 7.80. The van der Waals surface area contributed by atoms with Crippen LogP contribution in [0.3, 0.4) is 0 Å². The second-order valence-corrected chi connectivity index (χ2v) is 4.81. The van der Waals surface area contributed by atoms with Crippen LogP contribution >= 0.6 is 12.2 Å². The van der Waals surface area contributed by atoms with Crippen molar-refractivity contribution in [3.8, 4) is 0 Å². The van der Waals surface area contributed by atoms with Crippen molar-refractivity contribution in [2.24, 2.45) is 5.73 Å². The summed E-state index contributed by atoms with van der Waals surface area (Å²) in [7, 11) is 0. The molecule has 0 fully saturated rings. The Kier molecular flexibility index (Phi) is 4.63. The summed E-state index contributed by atoms with van der Waals surface area (Å²) in [6, 6.07) is 10.9. The smallest absolute Gasteiger partial charge is 0.146 e. The minimum atomic E-state index is -0.408. The number of nitrogens with two attached hydrogens (primary N) is 1. The average molecular weight is 292 g/mol. The van der Waals surface area contributed by atoms with E-state index in [1.807, 2.05) is 6.07 Å². The van der Waals surface area contributed by atoms with Crippen molar-refractivity contribution >= 4 is 22.9 Å². The van der Waals surface area contributed by atoms with Crippen LogP contribution in [0.4, 0.5) is 14.5 Å². The molecule has 5 heteroatoms. The summed E-state index contributed by atoms with van der Waals surface area (Å²) in [6.45, 7) is 0.507. The van der Waals surface area contributed by atoms with E-state index in [1.54, 1.807) is 18.2 Å². The van der Waals surface area contributed by atoms with E-state index in [-0.39, 0.29) is 10.8 Å². The van der Waals surface area contributed by atoms with Gasteiger partial charge in [0.1, 0.15) is 16.6 Å². The zero-order chi connectivity index (χ0) is 14.5. The first-order chi connectivity index (χ1) is 9.56. The minimum absolute atomic E-state index is 0.162. The minimum Gasteiger partial charge on any atom is -0.389 e. The molecule has 2 aromatic carbocycles. The van der Waals surface area contributed by atoms with Gasteiger partial charge in [0.25, 0.3) is 0 Å². The van der Waals surface area contributed by atoms with Crippen molar-refractivity contribution in [1.82, 2.24) is 0 Å². The summed E-state index contributed by atoms with van der Waals surface area (Å²) in [4.78, 5) is 0.162. The summed E-state index contributed by atoms with van der Waals surface area (Å²) < 4.78 is 26.8. The molecule has 20 heavy (non-hydrogen) atoms. The molecule has 0 aliphatic heterocycles. The lowest BCUT2D eigenvalue weighted by Gasteiger charge is -2.09. The number of anilines is 1. The molecule has 3 N–H and O–H groups in total. The molecule has 2 nitrogen and oxygen atoms in total. The largest absolute Gasteiger partial charge is 0.389 e. The van der Waals surface area contributed by atoms with Crippen molar-refractivity contribution in [3.63, 3.8) is 0 Å². The van der Waals surface area contributed by atoms with Crippen LogP contribution in [0.25, 0.3) is 0 Å². The zero-order valence-corrected chi connectivity index (χ0v) is 11.5. The van der Waals surface area contributed by atoms with E-state index >= 15 is 0 Å². The first-order valence-electron chi connectivity index (χ1n) is 6.14. The fourth-order valence-electron chi connectivity index (χ4n) is 1.85. The van der Waals surface area contributed by atoms with Gasteiger partial charge in [0.15, 0.2) is 0 Å². The maximum Gasteiger partial charge on any atom is 0.146 e. The lowest BCUT2D eigenvalue weighted by Crippen LogP contribution is -2.11. The van der Waals surface area contributed by atoms with Gasteiger partial charge >= 0.3 is 0 Å². The van der Waals surface area contributed by atoms with E-state index in [1.165, 1.54) is 18.2 Å². The van der Waals surface area contributed by atoms with E-state index in [0.717, 1.165) is 5.56 Å². The van der Waals surface area contributed by atoms with Crippen molar-refractivity contribution in [2.45, 2.75) is 6.42 Å². The van der Waals surface area contributed by atoms with Gasteiger partial charge in [0.2, 0.25) is 0 Å². The summed E-state index contributed by atoms with van der Waals surface area (Å²) in [5.74, 6) is -0.677. The molecule has 0 saturated heterocycles. The Morgan fingerprint density at radius 3 is 2.60 bits per heavy atom. The van der Waals surface area contributed by atoms with Crippen molar-refractivity contribution in [1.29, 1.82) is 0 Å². The predicted molar refractivity (Wildman–Crippen MR) is 80.9 cm³/mol. The van der Waals surface area contributed by atoms with Crippen molar-refractivity contribution < 1.29 is 8.78 Å². The summed E-state index contributed by atoms with van der Waals surface area (Å²) in [6.07, 6.45) is 0.605. The molecule has 2 rings (SSSR count). The molecule has 0 aliphatic rings. The van der Waals surface area contributed by atoms with E-state index in [9.17, 15) is 8.78 Å². The Morgan fingerprint density at radius 1 is 1.15 bits per heavy atom. The van der Waals surface area contributed by atoms with E-state index in [4.69, 9.17) is 18.0 Å². The van der Waals surface area contributed by atoms with Crippen LogP contribution in [-0.2, 0) is 6.42 Å². The first kappa shape index (κ1) is 14.4. The van der Waals surface area contributed by atoms with Gasteiger partial charge in [0, 0.05) is 12.1 Å². The Bertz CT molecular complexity index is 629. The predicted octanol–water partition coefficient (Wildman–Crippen LogP) is 3.25. The zero-order valence-electron chi connectivity index (χ0n) is 10.7. The Hall–Kier alpha value is -2.01. The molecule has 0 amide bonds. The molecule has 2 aromatic rings. The number of halogens is 2. The topological polar surface area (TPSA) is 38.0 Å².